The van der Waals surface area contributed by atoms with Crippen molar-refractivity contribution in [3.63, 3.8) is 0 Å². The summed E-state index contributed by atoms with van der Waals surface area (Å²) in [6, 6.07) is 0. The van der Waals surface area contributed by atoms with Crippen LogP contribution < -0.4 is 5.73 Å². The molecule has 1 heterocycles. The smallest absolute Gasteiger partial charge is 0.0597 e. The molecule has 1 aliphatic heterocycles. The van der Waals surface area contributed by atoms with Gasteiger partial charge in [0.15, 0.2) is 0 Å². The van der Waals surface area contributed by atoms with Gasteiger partial charge in [-0.15, -0.1) is 0 Å². The molecular weight excluding hydrogens is 162 g/mol. The zero-order valence-corrected chi connectivity index (χ0v) is 9.18. The van der Waals surface area contributed by atoms with E-state index >= 15 is 0 Å². The van der Waals surface area contributed by atoms with Gasteiger partial charge in [-0.05, 0) is 39.5 Å². The van der Waals surface area contributed by atoms with Gasteiger partial charge in [0.25, 0.3) is 0 Å². The maximum absolute atomic E-state index is 6.17. The van der Waals surface area contributed by atoms with E-state index in [2.05, 4.69) is 20.8 Å². The van der Waals surface area contributed by atoms with Crippen molar-refractivity contribution in [1.29, 1.82) is 0 Å². The van der Waals surface area contributed by atoms with E-state index in [1.807, 2.05) is 0 Å². The lowest BCUT2D eigenvalue weighted by atomic mass is 9.90. The second kappa shape index (κ2) is 4.43. The van der Waals surface area contributed by atoms with Crippen LogP contribution in [0, 0.1) is 0 Å². The molecule has 1 rings (SSSR count). The molecule has 0 aliphatic carbocycles. The highest BCUT2D eigenvalue weighted by Gasteiger charge is 2.28. The Kier molecular flexibility index (Phi) is 3.74. The zero-order chi connectivity index (χ0) is 9.90. The predicted octanol–water partition coefficient (Wildman–Crippen LogP) is 2.46. The van der Waals surface area contributed by atoms with E-state index in [4.69, 9.17) is 10.5 Å². The Morgan fingerprint density at radius 3 is 2.62 bits per heavy atom. The van der Waals surface area contributed by atoms with Crippen LogP contribution in [0.3, 0.4) is 0 Å². The van der Waals surface area contributed by atoms with E-state index in [1.54, 1.807) is 0 Å². The maximum atomic E-state index is 6.17. The van der Waals surface area contributed by atoms with Gasteiger partial charge in [0.05, 0.1) is 12.2 Å². The molecule has 0 spiro atoms. The molecule has 2 heteroatoms. The molecule has 1 aliphatic rings. The van der Waals surface area contributed by atoms with Crippen molar-refractivity contribution >= 4 is 0 Å². The van der Waals surface area contributed by atoms with Crippen molar-refractivity contribution < 1.29 is 4.74 Å². The molecule has 0 amide bonds. The van der Waals surface area contributed by atoms with Gasteiger partial charge in [0, 0.05) is 5.54 Å². The summed E-state index contributed by atoms with van der Waals surface area (Å²) in [7, 11) is 0. The van der Waals surface area contributed by atoms with Crippen LogP contribution >= 0.6 is 0 Å². The molecule has 1 fully saturated rings. The van der Waals surface area contributed by atoms with Crippen LogP contribution in [0.5, 0.6) is 0 Å². The molecule has 2 N–H and O–H groups in total. The third-order valence-corrected chi connectivity index (χ3v) is 2.84. The van der Waals surface area contributed by atoms with Crippen LogP contribution in [0.1, 0.15) is 52.9 Å². The minimum Gasteiger partial charge on any atom is -0.375 e. The Bertz CT molecular complexity index is 156. The molecule has 13 heavy (non-hydrogen) atoms. The van der Waals surface area contributed by atoms with Crippen molar-refractivity contribution in [2.24, 2.45) is 5.73 Å². The van der Waals surface area contributed by atoms with E-state index in [9.17, 15) is 0 Å². The molecule has 78 valence electrons. The first-order valence-corrected chi connectivity index (χ1v) is 5.48. The Balaban J connectivity index is 2.30. The fraction of sp³-hybridized carbons (Fsp3) is 1.00. The van der Waals surface area contributed by atoms with Gasteiger partial charge in [-0.3, -0.25) is 0 Å². The van der Waals surface area contributed by atoms with Crippen LogP contribution in [0.4, 0.5) is 0 Å². The predicted molar refractivity (Wildman–Crippen MR) is 55.7 cm³/mol. The number of hydrogen-bond acceptors (Lipinski definition) is 2. The van der Waals surface area contributed by atoms with Crippen molar-refractivity contribution in [1.82, 2.24) is 0 Å². The monoisotopic (exact) mass is 185 g/mol. The van der Waals surface area contributed by atoms with E-state index < -0.39 is 0 Å². The lowest BCUT2D eigenvalue weighted by molar-refractivity contribution is 0.0375. The Hall–Kier alpha value is -0.0800. The quantitative estimate of drug-likeness (QED) is 0.730. The van der Waals surface area contributed by atoms with Crippen molar-refractivity contribution in [3.8, 4) is 0 Å². The fourth-order valence-corrected chi connectivity index (χ4v) is 2.23. The summed E-state index contributed by atoms with van der Waals surface area (Å²) in [5.74, 6) is 0. The van der Waals surface area contributed by atoms with Crippen LogP contribution in [0.15, 0.2) is 0 Å². The number of hydrogen-bond donors (Lipinski definition) is 1. The number of rotatable bonds is 4. The summed E-state index contributed by atoms with van der Waals surface area (Å²) in [6.07, 6.45) is 6.53. The summed E-state index contributed by atoms with van der Waals surface area (Å²) in [4.78, 5) is 0. The van der Waals surface area contributed by atoms with Crippen LogP contribution in [0.25, 0.3) is 0 Å². The molecule has 0 bridgehead atoms. The fourth-order valence-electron chi connectivity index (χ4n) is 2.23. The maximum Gasteiger partial charge on any atom is 0.0597 e. The van der Waals surface area contributed by atoms with Gasteiger partial charge in [-0.1, -0.05) is 13.3 Å². The van der Waals surface area contributed by atoms with E-state index in [0.29, 0.717) is 12.2 Å². The molecular formula is C11H23NO. The third-order valence-electron chi connectivity index (χ3n) is 2.84. The molecule has 2 nitrogen and oxygen atoms in total. The van der Waals surface area contributed by atoms with E-state index in [-0.39, 0.29) is 5.54 Å². The van der Waals surface area contributed by atoms with Crippen molar-refractivity contribution in [2.75, 3.05) is 0 Å². The topological polar surface area (TPSA) is 35.2 Å². The largest absolute Gasteiger partial charge is 0.375 e. The second-order valence-electron chi connectivity index (χ2n) is 4.75. The third kappa shape index (κ3) is 3.65. The zero-order valence-electron chi connectivity index (χ0n) is 9.18. The summed E-state index contributed by atoms with van der Waals surface area (Å²) in [5.41, 5.74) is 6.15. The average molecular weight is 185 g/mol. The van der Waals surface area contributed by atoms with Crippen LogP contribution in [0.2, 0.25) is 0 Å². The van der Waals surface area contributed by atoms with Gasteiger partial charge in [-0.25, -0.2) is 0 Å². The van der Waals surface area contributed by atoms with E-state index in [0.717, 1.165) is 19.3 Å². The average Bonchev–Trinajstić information content (AvgIpc) is 2.34. The van der Waals surface area contributed by atoms with Gasteiger partial charge in [0.2, 0.25) is 0 Å². The Labute approximate surface area is 81.8 Å². The van der Waals surface area contributed by atoms with E-state index in [1.165, 1.54) is 12.8 Å². The molecule has 1 saturated heterocycles. The minimum absolute atomic E-state index is 0.0243. The van der Waals surface area contributed by atoms with Gasteiger partial charge in [-0.2, -0.15) is 0 Å². The standard InChI is InChI=1S/C11H23NO/c1-4-7-11(3,12)8-10-6-5-9(2)13-10/h9-10H,4-8,12H2,1-3H3. The minimum atomic E-state index is -0.0243. The molecule has 0 saturated carbocycles. The first-order chi connectivity index (χ1) is 6.03. The molecule has 0 aromatic rings. The van der Waals surface area contributed by atoms with Crippen LogP contribution in [-0.2, 0) is 4.74 Å². The lowest BCUT2D eigenvalue weighted by Gasteiger charge is -2.27. The van der Waals surface area contributed by atoms with Gasteiger partial charge < -0.3 is 10.5 Å². The highest BCUT2D eigenvalue weighted by molar-refractivity contribution is 4.84. The van der Waals surface area contributed by atoms with Gasteiger partial charge in [0.1, 0.15) is 0 Å². The highest BCUT2D eigenvalue weighted by Crippen LogP contribution is 2.27. The number of ether oxygens (including phenoxy) is 1. The SMILES string of the molecule is CCCC(C)(N)CC1CCC(C)O1. The summed E-state index contributed by atoms with van der Waals surface area (Å²) >= 11 is 0. The summed E-state index contributed by atoms with van der Waals surface area (Å²) < 4.78 is 5.76. The molecule has 0 radical (unpaired) electrons. The highest BCUT2D eigenvalue weighted by atomic mass is 16.5. The first kappa shape index (κ1) is 11.0. The van der Waals surface area contributed by atoms with Crippen molar-refractivity contribution in [3.05, 3.63) is 0 Å². The first-order valence-electron chi connectivity index (χ1n) is 5.48. The molecule has 0 aromatic heterocycles. The lowest BCUT2D eigenvalue weighted by Crippen LogP contribution is -2.39. The Morgan fingerprint density at radius 1 is 1.46 bits per heavy atom. The summed E-state index contributed by atoms with van der Waals surface area (Å²) in [6.45, 7) is 6.47. The van der Waals surface area contributed by atoms with Gasteiger partial charge >= 0.3 is 0 Å². The normalized spacial score (nSPS) is 33.2. The van der Waals surface area contributed by atoms with Crippen molar-refractivity contribution in [2.45, 2.75) is 70.6 Å². The molecule has 0 aromatic carbocycles. The second-order valence-corrected chi connectivity index (χ2v) is 4.75. The Morgan fingerprint density at radius 2 is 2.15 bits per heavy atom. The number of nitrogens with two attached hydrogens (primary N) is 1. The molecule has 3 atom stereocenters. The van der Waals surface area contributed by atoms with Crippen LogP contribution in [-0.4, -0.2) is 17.7 Å². The molecule has 3 unspecified atom stereocenters. The summed E-state index contributed by atoms with van der Waals surface area (Å²) in [5, 5.41) is 0.